The van der Waals surface area contributed by atoms with Crippen LogP contribution in [0, 0.1) is 6.92 Å². The first-order valence-electron chi connectivity index (χ1n) is 9.59. The molecule has 0 amide bonds. The van der Waals surface area contributed by atoms with Gasteiger partial charge in [-0.3, -0.25) is 0 Å². The summed E-state index contributed by atoms with van der Waals surface area (Å²) in [7, 11) is -3.76. The number of aryl methyl sites for hydroxylation is 1. The number of aromatic nitrogens is 2. The summed E-state index contributed by atoms with van der Waals surface area (Å²) in [4.78, 5) is 16.5. The zero-order valence-corrected chi connectivity index (χ0v) is 17.8. The molecule has 2 aromatic heterocycles. The first-order chi connectivity index (χ1) is 15.4. The van der Waals surface area contributed by atoms with Gasteiger partial charge in [0.25, 0.3) is 5.89 Å². The van der Waals surface area contributed by atoms with E-state index < -0.39 is 16.0 Å². The van der Waals surface area contributed by atoms with Crippen LogP contribution in [0.15, 0.2) is 80.8 Å². The molecule has 2 heterocycles. The monoisotopic (exact) mass is 453 g/mol. The fourth-order valence-corrected chi connectivity index (χ4v) is 3.77. The Morgan fingerprint density at radius 1 is 1.06 bits per heavy atom. The molecule has 164 valence electrons. The van der Waals surface area contributed by atoms with Crippen molar-refractivity contribution in [3.63, 3.8) is 0 Å². The normalized spacial score (nSPS) is 11.4. The molecule has 0 radical (unpaired) electrons. The fourth-order valence-electron chi connectivity index (χ4n) is 2.78. The lowest BCUT2D eigenvalue weighted by Crippen LogP contribution is -2.23. The van der Waals surface area contributed by atoms with Crippen molar-refractivity contribution in [3.05, 3.63) is 89.7 Å². The fraction of sp³-hybridized carbons (Fsp3) is 0.136. The predicted octanol–water partition coefficient (Wildman–Crippen LogP) is 3.47. The number of nitrogens with one attached hydrogen (secondary N) is 1. The van der Waals surface area contributed by atoms with Crippen molar-refractivity contribution < 1.29 is 26.9 Å². The lowest BCUT2D eigenvalue weighted by atomic mass is 10.1. The van der Waals surface area contributed by atoms with Crippen molar-refractivity contribution >= 4 is 16.0 Å². The van der Waals surface area contributed by atoms with E-state index >= 15 is 0 Å². The van der Waals surface area contributed by atoms with E-state index in [1.165, 1.54) is 30.5 Å². The molecular weight excluding hydrogens is 434 g/mol. The summed E-state index contributed by atoms with van der Waals surface area (Å²) in [6.45, 7) is 1.79. The lowest BCUT2D eigenvalue weighted by molar-refractivity contribution is 0.0429. The third kappa shape index (κ3) is 5.10. The minimum absolute atomic E-state index is 0.0141. The number of benzene rings is 2. The van der Waals surface area contributed by atoms with Gasteiger partial charge in [-0.05, 0) is 43.3 Å². The Kier molecular flexibility index (Phi) is 6.15. The highest BCUT2D eigenvalue weighted by Gasteiger charge is 2.17. The molecule has 4 aromatic rings. The zero-order valence-electron chi connectivity index (χ0n) is 17.0. The van der Waals surface area contributed by atoms with Crippen LogP contribution in [-0.2, 0) is 27.9 Å². The van der Waals surface area contributed by atoms with E-state index in [0.717, 1.165) is 11.1 Å². The van der Waals surface area contributed by atoms with Gasteiger partial charge in [0.15, 0.2) is 6.61 Å². The number of hydrogen-bond donors (Lipinski definition) is 1. The number of sulfonamides is 1. The second kappa shape index (κ2) is 9.16. The quantitative estimate of drug-likeness (QED) is 0.402. The minimum atomic E-state index is -3.76. The molecule has 0 aliphatic heterocycles. The number of nitrogens with zero attached hydrogens (tertiary/aromatic N) is 2. The van der Waals surface area contributed by atoms with Crippen molar-refractivity contribution in [2.75, 3.05) is 0 Å². The Hall–Kier alpha value is -3.76. The van der Waals surface area contributed by atoms with Gasteiger partial charge in [0.2, 0.25) is 15.8 Å². The Bertz CT molecular complexity index is 1290. The topological polar surface area (TPSA) is 125 Å². The minimum Gasteiger partial charge on any atom is -0.468 e. The van der Waals surface area contributed by atoms with Crippen LogP contribution in [0.2, 0.25) is 0 Å². The molecular formula is C22H19N3O6S. The third-order valence-corrected chi connectivity index (χ3v) is 5.94. The molecule has 0 aliphatic carbocycles. The number of esters is 1. The van der Waals surface area contributed by atoms with E-state index in [4.69, 9.17) is 13.7 Å². The zero-order chi connectivity index (χ0) is 22.6. The maximum atomic E-state index is 12.4. The van der Waals surface area contributed by atoms with E-state index in [9.17, 15) is 13.2 Å². The molecule has 0 spiro atoms. The Morgan fingerprint density at radius 2 is 1.81 bits per heavy atom. The predicted molar refractivity (Wildman–Crippen MR) is 113 cm³/mol. The van der Waals surface area contributed by atoms with Gasteiger partial charge in [0.05, 0.1) is 23.3 Å². The second-order valence-corrected chi connectivity index (χ2v) is 8.65. The number of hydrogen-bond acceptors (Lipinski definition) is 8. The Labute approximate surface area is 184 Å². The molecule has 1 N–H and O–H groups in total. The van der Waals surface area contributed by atoms with Crippen LogP contribution in [0.1, 0.15) is 27.6 Å². The molecule has 0 saturated carbocycles. The van der Waals surface area contributed by atoms with Gasteiger partial charge in [0, 0.05) is 5.56 Å². The molecule has 0 aliphatic rings. The average Bonchev–Trinajstić information content (AvgIpc) is 3.49. The van der Waals surface area contributed by atoms with E-state index in [0.29, 0.717) is 11.6 Å². The highest BCUT2D eigenvalue weighted by Crippen LogP contribution is 2.17. The standard InChI is InChI=1S/C22H19N3O6S/c1-15-4-6-16(7-5-15)21-24-20(31-25-21)14-30-22(26)17-8-10-19(11-9-17)32(27,28)23-13-18-3-2-12-29-18/h2-12,23H,13-14H2,1H3. The van der Waals surface area contributed by atoms with Gasteiger partial charge in [-0.2, -0.15) is 4.98 Å². The molecule has 10 heteroatoms. The highest BCUT2D eigenvalue weighted by molar-refractivity contribution is 7.89. The Morgan fingerprint density at radius 3 is 2.50 bits per heavy atom. The van der Waals surface area contributed by atoms with E-state index in [1.54, 1.807) is 12.1 Å². The van der Waals surface area contributed by atoms with Crippen molar-refractivity contribution in [2.45, 2.75) is 25.0 Å². The average molecular weight is 453 g/mol. The van der Waals surface area contributed by atoms with Crippen LogP contribution >= 0.6 is 0 Å². The van der Waals surface area contributed by atoms with Crippen LogP contribution < -0.4 is 4.72 Å². The smallest absolute Gasteiger partial charge is 0.338 e. The number of rotatable bonds is 8. The molecule has 2 aromatic carbocycles. The molecule has 0 bridgehead atoms. The number of furan rings is 1. The number of ether oxygens (including phenoxy) is 1. The summed E-state index contributed by atoms with van der Waals surface area (Å²) in [5.41, 5.74) is 2.08. The van der Waals surface area contributed by atoms with Crippen LogP contribution in [0.25, 0.3) is 11.4 Å². The summed E-state index contributed by atoms with van der Waals surface area (Å²) in [6.07, 6.45) is 1.46. The van der Waals surface area contributed by atoms with Crippen LogP contribution in [0.3, 0.4) is 0 Å². The third-order valence-electron chi connectivity index (χ3n) is 4.52. The van der Waals surface area contributed by atoms with Gasteiger partial charge in [0.1, 0.15) is 5.76 Å². The van der Waals surface area contributed by atoms with Crippen LogP contribution in [-0.4, -0.2) is 24.5 Å². The number of carbonyl (C=O) groups is 1. The van der Waals surface area contributed by atoms with Crippen molar-refractivity contribution in [1.29, 1.82) is 0 Å². The highest BCUT2D eigenvalue weighted by atomic mass is 32.2. The van der Waals surface area contributed by atoms with Gasteiger partial charge < -0.3 is 13.7 Å². The summed E-state index contributed by atoms with van der Waals surface area (Å²) < 4.78 is 42.6. The van der Waals surface area contributed by atoms with Gasteiger partial charge in [-0.1, -0.05) is 35.0 Å². The van der Waals surface area contributed by atoms with E-state index in [2.05, 4.69) is 14.9 Å². The summed E-state index contributed by atoms with van der Waals surface area (Å²) >= 11 is 0. The van der Waals surface area contributed by atoms with Gasteiger partial charge >= 0.3 is 5.97 Å². The summed E-state index contributed by atoms with van der Waals surface area (Å²) in [5, 5.41) is 3.88. The SMILES string of the molecule is Cc1ccc(-c2noc(COC(=O)c3ccc(S(=O)(=O)NCc4ccco4)cc3)n2)cc1. The maximum absolute atomic E-state index is 12.4. The summed E-state index contributed by atoms with van der Waals surface area (Å²) in [6, 6.07) is 16.3. The first kappa shape index (κ1) is 21.5. The molecule has 0 atom stereocenters. The van der Waals surface area contributed by atoms with Crippen LogP contribution in [0.5, 0.6) is 0 Å². The first-order valence-corrected chi connectivity index (χ1v) is 11.1. The second-order valence-electron chi connectivity index (χ2n) is 6.88. The van der Waals surface area contributed by atoms with Gasteiger partial charge in [-0.25, -0.2) is 17.9 Å². The van der Waals surface area contributed by atoms with E-state index in [-0.39, 0.29) is 29.5 Å². The Balaban J connectivity index is 1.34. The van der Waals surface area contributed by atoms with Crippen molar-refractivity contribution in [2.24, 2.45) is 0 Å². The molecule has 32 heavy (non-hydrogen) atoms. The van der Waals surface area contributed by atoms with Crippen LogP contribution in [0.4, 0.5) is 0 Å². The van der Waals surface area contributed by atoms with Gasteiger partial charge in [-0.15, -0.1) is 0 Å². The van der Waals surface area contributed by atoms with E-state index in [1.807, 2.05) is 31.2 Å². The molecule has 9 nitrogen and oxygen atoms in total. The van der Waals surface area contributed by atoms with Crippen molar-refractivity contribution in [3.8, 4) is 11.4 Å². The maximum Gasteiger partial charge on any atom is 0.338 e. The number of carbonyl (C=O) groups excluding carboxylic acids is 1. The molecule has 0 fully saturated rings. The van der Waals surface area contributed by atoms with Crippen molar-refractivity contribution in [1.82, 2.24) is 14.9 Å². The lowest BCUT2D eigenvalue weighted by Gasteiger charge is -2.06. The molecule has 0 saturated heterocycles. The summed E-state index contributed by atoms with van der Waals surface area (Å²) in [5.74, 6) is 0.385. The molecule has 4 rings (SSSR count). The molecule has 0 unspecified atom stereocenters. The largest absolute Gasteiger partial charge is 0.468 e.